The molecular formula is C78H148O17P2. The number of hydrogen-bond donors (Lipinski definition) is 3. The van der Waals surface area contributed by atoms with Gasteiger partial charge in [0.15, 0.2) is 12.2 Å². The lowest BCUT2D eigenvalue weighted by Gasteiger charge is -2.21. The molecule has 0 bridgehead atoms. The van der Waals surface area contributed by atoms with Crippen LogP contribution in [0.15, 0.2) is 24.3 Å². The van der Waals surface area contributed by atoms with Gasteiger partial charge in [0.25, 0.3) is 0 Å². The van der Waals surface area contributed by atoms with Gasteiger partial charge < -0.3 is 33.8 Å². The lowest BCUT2D eigenvalue weighted by Crippen LogP contribution is -2.30. The molecule has 3 N–H and O–H groups in total. The normalized spacial score (nSPS) is 14.1. The highest BCUT2D eigenvalue weighted by Gasteiger charge is 2.30. The van der Waals surface area contributed by atoms with Gasteiger partial charge in [-0.05, 0) is 63.2 Å². The number of carbonyl (C=O) groups excluding carboxylic acids is 4. The van der Waals surface area contributed by atoms with E-state index in [0.717, 1.165) is 121 Å². The molecule has 0 aromatic heterocycles. The summed E-state index contributed by atoms with van der Waals surface area (Å²) in [6, 6.07) is 0. The second kappa shape index (κ2) is 69.3. The van der Waals surface area contributed by atoms with Crippen molar-refractivity contribution < 1.29 is 80.2 Å². The van der Waals surface area contributed by atoms with Crippen LogP contribution in [-0.2, 0) is 65.4 Å². The Kier molecular flexibility index (Phi) is 67.5. The number of aliphatic hydroxyl groups excluding tert-OH is 1. The minimum atomic E-state index is -4.97. The summed E-state index contributed by atoms with van der Waals surface area (Å²) in [7, 11) is -9.92. The van der Waals surface area contributed by atoms with Gasteiger partial charge in [-0.15, -0.1) is 0 Å². The van der Waals surface area contributed by atoms with Crippen molar-refractivity contribution in [2.75, 3.05) is 39.6 Å². The van der Waals surface area contributed by atoms with Crippen LogP contribution in [0, 0.1) is 11.8 Å². The molecule has 572 valence electrons. The number of aliphatic hydroxyl groups is 1. The lowest BCUT2D eigenvalue weighted by atomic mass is 10.0. The third kappa shape index (κ3) is 71.7. The zero-order valence-corrected chi connectivity index (χ0v) is 64.7. The van der Waals surface area contributed by atoms with Crippen molar-refractivity contribution in [3.63, 3.8) is 0 Å². The van der Waals surface area contributed by atoms with Gasteiger partial charge in [0, 0.05) is 25.7 Å². The number of hydrogen-bond acceptors (Lipinski definition) is 15. The number of ether oxygens (including phenoxy) is 4. The molecule has 0 aliphatic carbocycles. The maximum Gasteiger partial charge on any atom is 0.472 e. The molecule has 97 heavy (non-hydrogen) atoms. The highest BCUT2D eigenvalue weighted by Crippen LogP contribution is 2.45. The van der Waals surface area contributed by atoms with Gasteiger partial charge in [0.05, 0.1) is 26.4 Å². The first-order valence-corrected chi connectivity index (χ1v) is 42.8. The summed E-state index contributed by atoms with van der Waals surface area (Å²) in [6.45, 7) is 9.52. The quantitative estimate of drug-likeness (QED) is 0.0169. The van der Waals surface area contributed by atoms with Crippen LogP contribution in [0.4, 0.5) is 0 Å². The SMILES string of the molecule is CCCCCC/C=C\C=C/CCCCCCCC(=O)OC[C@H](COP(=O)(O)OC[C@@H](O)COP(=O)(O)OC[C@@H](COC(=O)CCCCCCCCCC(C)C)OC(=O)CCCCCCCCCCCCCCC)OC(=O)CCCCCCCCCCCCCCCCCCC(C)C. The Balaban J connectivity index is 5.27. The Bertz CT molecular complexity index is 1970. The number of esters is 4. The van der Waals surface area contributed by atoms with Crippen molar-refractivity contribution in [2.45, 2.75) is 400 Å². The number of phosphoric ester groups is 2. The second-order valence-electron chi connectivity index (χ2n) is 28.4. The minimum absolute atomic E-state index is 0.101. The molecule has 0 aromatic rings. The molecular weight excluding hydrogens is 1270 g/mol. The lowest BCUT2D eigenvalue weighted by molar-refractivity contribution is -0.161. The molecule has 0 saturated carbocycles. The monoisotopic (exact) mass is 1420 g/mol. The predicted molar refractivity (Wildman–Crippen MR) is 395 cm³/mol. The first-order valence-electron chi connectivity index (χ1n) is 39.8. The van der Waals surface area contributed by atoms with Crippen LogP contribution in [0.5, 0.6) is 0 Å². The van der Waals surface area contributed by atoms with Crippen LogP contribution in [-0.4, -0.2) is 96.7 Å². The van der Waals surface area contributed by atoms with Crippen molar-refractivity contribution in [1.29, 1.82) is 0 Å². The van der Waals surface area contributed by atoms with Crippen molar-refractivity contribution in [3.8, 4) is 0 Å². The van der Waals surface area contributed by atoms with Crippen LogP contribution >= 0.6 is 15.6 Å². The van der Waals surface area contributed by atoms with Crippen molar-refractivity contribution in [2.24, 2.45) is 11.8 Å². The summed E-state index contributed by atoms with van der Waals surface area (Å²) in [5, 5.41) is 10.6. The Morgan fingerprint density at radius 2 is 0.557 bits per heavy atom. The highest BCUT2D eigenvalue weighted by molar-refractivity contribution is 7.47. The maximum absolute atomic E-state index is 13.1. The van der Waals surface area contributed by atoms with Crippen LogP contribution < -0.4 is 0 Å². The van der Waals surface area contributed by atoms with Crippen LogP contribution in [0.3, 0.4) is 0 Å². The molecule has 0 spiro atoms. The summed E-state index contributed by atoms with van der Waals surface area (Å²) in [5.41, 5.74) is 0. The van der Waals surface area contributed by atoms with E-state index in [0.29, 0.717) is 31.6 Å². The Labute approximate surface area is 592 Å². The fourth-order valence-corrected chi connectivity index (χ4v) is 13.0. The van der Waals surface area contributed by atoms with E-state index >= 15 is 0 Å². The smallest absolute Gasteiger partial charge is 0.462 e. The molecule has 0 radical (unpaired) electrons. The molecule has 5 atom stereocenters. The van der Waals surface area contributed by atoms with E-state index in [9.17, 15) is 43.2 Å². The summed E-state index contributed by atoms with van der Waals surface area (Å²) in [4.78, 5) is 72.8. The van der Waals surface area contributed by atoms with Gasteiger partial charge in [-0.2, -0.15) is 0 Å². The molecule has 0 aliphatic rings. The van der Waals surface area contributed by atoms with Gasteiger partial charge in [-0.1, -0.05) is 329 Å². The molecule has 2 unspecified atom stereocenters. The zero-order valence-electron chi connectivity index (χ0n) is 62.9. The average Bonchev–Trinajstić information content (AvgIpc) is 1.42. The minimum Gasteiger partial charge on any atom is -0.462 e. The van der Waals surface area contributed by atoms with Crippen molar-refractivity contribution in [1.82, 2.24) is 0 Å². The van der Waals surface area contributed by atoms with Gasteiger partial charge in [0.1, 0.15) is 19.3 Å². The van der Waals surface area contributed by atoms with Gasteiger partial charge in [-0.25, -0.2) is 9.13 Å². The summed E-state index contributed by atoms with van der Waals surface area (Å²) in [5.74, 6) is -0.632. The molecule has 0 rings (SSSR count). The topological polar surface area (TPSA) is 237 Å². The molecule has 0 saturated heterocycles. The number of rotatable bonds is 75. The zero-order chi connectivity index (χ0) is 71.4. The third-order valence-electron chi connectivity index (χ3n) is 17.6. The van der Waals surface area contributed by atoms with Crippen LogP contribution in [0.2, 0.25) is 0 Å². The standard InChI is InChI=1S/C78H148O17P2/c1-7-9-11-13-15-17-19-21-24-29-32-36-42-48-54-60-75(80)88-66-73(94-78(83)63-57-51-44-38-34-30-26-23-22-25-28-31-35-40-46-52-58-70(3)4)68-92-96(84,85)90-64-72(79)65-91-97(86,87)93-69-74(67-89-76(81)61-55-49-45-39-41-47-53-59-71(5)6)95-77(82)62-56-50-43-37-33-27-20-18-16-14-12-10-8-2/h17,19,21,24,70-74,79H,7-16,18,20,22-23,25-69H2,1-6H3,(H,84,85)(H,86,87)/b19-17-,24-21-/t72-,73-,74-/m1/s1. The molecule has 17 nitrogen and oxygen atoms in total. The van der Waals surface area contributed by atoms with E-state index in [-0.39, 0.29) is 25.7 Å². The first-order chi connectivity index (χ1) is 46.9. The third-order valence-corrected chi connectivity index (χ3v) is 19.5. The number of phosphoric acid groups is 2. The summed E-state index contributed by atoms with van der Waals surface area (Å²) >= 11 is 0. The number of carbonyl (C=O) groups is 4. The van der Waals surface area contributed by atoms with Gasteiger partial charge in [0.2, 0.25) is 0 Å². The first kappa shape index (κ1) is 94.5. The van der Waals surface area contributed by atoms with E-state index in [2.05, 4.69) is 65.8 Å². The Morgan fingerprint density at radius 3 is 0.845 bits per heavy atom. The van der Waals surface area contributed by atoms with Crippen molar-refractivity contribution >= 4 is 39.5 Å². The molecule has 0 amide bonds. The fourth-order valence-electron chi connectivity index (χ4n) is 11.5. The Morgan fingerprint density at radius 1 is 0.320 bits per heavy atom. The number of allylic oxidation sites excluding steroid dienone is 4. The Hall–Kier alpha value is -2.46. The van der Waals surface area contributed by atoms with E-state index < -0.39 is 97.5 Å². The highest BCUT2D eigenvalue weighted by atomic mass is 31.2. The largest absolute Gasteiger partial charge is 0.472 e. The molecule has 0 heterocycles. The molecule has 0 aliphatic heterocycles. The maximum atomic E-state index is 13.1. The van der Waals surface area contributed by atoms with E-state index in [1.54, 1.807) is 0 Å². The number of unbranched alkanes of at least 4 members (excludes halogenated alkanes) is 42. The average molecular weight is 1420 g/mol. The van der Waals surface area contributed by atoms with Crippen molar-refractivity contribution in [3.05, 3.63) is 24.3 Å². The predicted octanol–water partition coefficient (Wildman–Crippen LogP) is 22.7. The van der Waals surface area contributed by atoms with E-state index in [1.807, 2.05) is 0 Å². The second-order valence-corrected chi connectivity index (χ2v) is 31.3. The molecule has 19 heteroatoms. The molecule has 0 aromatic carbocycles. The van der Waals surface area contributed by atoms with Crippen LogP contribution in [0.1, 0.15) is 382 Å². The van der Waals surface area contributed by atoms with E-state index in [4.69, 9.17) is 37.0 Å². The fraction of sp³-hybridized carbons (Fsp3) is 0.897. The van der Waals surface area contributed by atoms with Crippen LogP contribution in [0.25, 0.3) is 0 Å². The molecule has 0 fully saturated rings. The van der Waals surface area contributed by atoms with E-state index in [1.165, 1.54) is 173 Å². The summed E-state index contributed by atoms with van der Waals surface area (Å²) in [6.07, 6.45) is 60.5. The summed E-state index contributed by atoms with van der Waals surface area (Å²) < 4.78 is 68.5. The van der Waals surface area contributed by atoms with Gasteiger partial charge in [-0.3, -0.25) is 37.3 Å². The van der Waals surface area contributed by atoms with Gasteiger partial charge >= 0.3 is 39.5 Å².